The second-order valence-electron chi connectivity index (χ2n) is 6.19. The van der Waals surface area contributed by atoms with Gasteiger partial charge in [0.15, 0.2) is 0 Å². The molecule has 2 aromatic rings. The van der Waals surface area contributed by atoms with Crippen molar-refractivity contribution in [2.75, 3.05) is 13.1 Å². The Labute approximate surface area is 153 Å². The number of ether oxygens (including phenoxy) is 1. The Morgan fingerprint density at radius 2 is 1.92 bits per heavy atom. The van der Waals surface area contributed by atoms with Crippen LogP contribution in [0.2, 0.25) is 5.02 Å². The number of hydrogen-bond acceptors (Lipinski definition) is 4. The largest absolute Gasteiger partial charge is 0.460 e. The Hall–Kier alpha value is -2.14. The molecule has 0 saturated carbocycles. The summed E-state index contributed by atoms with van der Waals surface area (Å²) in [6, 6.07) is 7.90. The Kier molecular flexibility index (Phi) is 5.87. The fourth-order valence-electron chi connectivity index (χ4n) is 2.87. The lowest BCUT2D eigenvalue weighted by atomic mass is 10.1. The van der Waals surface area contributed by atoms with E-state index in [0.29, 0.717) is 30.5 Å². The van der Waals surface area contributed by atoms with E-state index in [1.165, 1.54) is 0 Å². The lowest BCUT2D eigenvalue weighted by Crippen LogP contribution is -2.42. The predicted octanol–water partition coefficient (Wildman–Crippen LogP) is 3.30. The summed E-state index contributed by atoms with van der Waals surface area (Å²) < 4.78 is 5.84. The molecule has 0 spiro atoms. The number of carbonyl (C=O) groups excluding carboxylic acids is 1. The van der Waals surface area contributed by atoms with Gasteiger partial charge in [0.1, 0.15) is 6.10 Å². The minimum absolute atomic E-state index is 0.0526. The third-order valence-corrected chi connectivity index (χ3v) is 4.82. The summed E-state index contributed by atoms with van der Waals surface area (Å²) in [6.07, 6.45) is 6.46. The second kappa shape index (κ2) is 8.30. The van der Waals surface area contributed by atoms with Gasteiger partial charge in [-0.2, -0.15) is 0 Å². The van der Waals surface area contributed by atoms with Gasteiger partial charge in [0, 0.05) is 43.3 Å². The first kappa shape index (κ1) is 17.7. The van der Waals surface area contributed by atoms with Crippen LogP contribution in [0.15, 0.2) is 36.7 Å². The van der Waals surface area contributed by atoms with Gasteiger partial charge in [0.25, 0.3) is 0 Å². The van der Waals surface area contributed by atoms with Crippen molar-refractivity contribution in [1.82, 2.24) is 14.9 Å². The van der Waals surface area contributed by atoms with Crippen molar-refractivity contribution in [2.24, 2.45) is 0 Å². The number of halogens is 1. The topological polar surface area (TPSA) is 55.3 Å². The van der Waals surface area contributed by atoms with Gasteiger partial charge in [0.05, 0.1) is 6.42 Å². The Morgan fingerprint density at radius 1 is 1.24 bits per heavy atom. The summed E-state index contributed by atoms with van der Waals surface area (Å²) in [5.41, 5.74) is 1.96. The molecule has 0 aliphatic carbocycles. The zero-order valence-corrected chi connectivity index (χ0v) is 15.1. The average molecular weight is 360 g/mol. The molecule has 0 N–H and O–H groups in total. The highest BCUT2D eigenvalue weighted by molar-refractivity contribution is 6.31. The van der Waals surface area contributed by atoms with Gasteiger partial charge in [-0.1, -0.05) is 36.7 Å². The number of piperidine rings is 1. The Balaban J connectivity index is 1.49. The van der Waals surface area contributed by atoms with E-state index in [9.17, 15) is 4.79 Å². The van der Waals surface area contributed by atoms with Crippen LogP contribution in [0, 0.1) is 0 Å². The molecule has 1 aromatic carbocycles. The van der Waals surface area contributed by atoms with Crippen LogP contribution in [0.4, 0.5) is 0 Å². The summed E-state index contributed by atoms with van der Waals surface area (Å²) in [6.45, 7) is 3.43. The molecular weight excluding hydrogens is 338 g/mol. The summed E-state index contributed by atoms with van der Waals surface area (Å²) in [5.74, 6) is 0.107. The molecule has 0 bridgehead atoms. The SMILES string of the molecule is CCc1cnc(OC2CCN(C(=O)Cc3ccccc3Cl)CC2)nc1. The molecule has 1 aliphatic rings. The number of amides is 1. The van der Waals surface area contributed by atoms with Crippen LogP contribution in [0.3, 0.4) is 0 Å². The number of carbonyl (C=O) groups is 1. The molecule has 132 valence electrons. The van der Waals surface area contributed by atoms with E-state index in [0.717, 1.165) is 30.4 Å². The Bertz CT molecular complexity index is 713. The van der Waals surface area contributed by atoms with Gasteiger partial charge < -0.3 is 9.64 Å². The number of rotatable bonds is 5. The van der Waals surface area contributed by atoms with Crippen molar-refractivity contribution in [2.45, 2.75) is 38.7 Å². The van der Waals surface area contributed by atoms with E-state index in [4.69, 9.17) is 16.3 Å². The minimum Gasteiger partial charge on any atom is -0.460 e. The molecule has 2 heterocycles. The van der Waals surface area contributed by atoms with E-state index in [1.54, 1.807) is 12.4 Å². The normalized spacial score (nSPS) is 15.2. The van der Waals surface area contributed by atoms with Crippen molar-refractivity contribution in [1.29, 1.82) is 0 Å². The lowest BCUT2D eigenvalue weighted by molar-refractivity contribution is -0.132. The van der Waals surface area contributed by atoms with Crippen LogP contribution < -0.4 is 4.74 Å². The number of aromatic nitrogens is 2. The zero-order valence-electron chi connectivity index (χ0n) is 14.3. The molecule has 0 radical (unpaired) electrons. The van der Waals surface area contributed by atoms with Crippen LogP contribution in [0.1, 0.15) is 30.9 Å². The summed E-state index contributed by atoms with van der Waals surface area (Å²) in [5, 5.41) is 0.641. The van der Waals surface area contributed by atoms with Crippen molar-refractivity contribution >= 4 is 17.5 Å². The quantitative estimate of drug-likeness (QED) is 0.821. The molecule has 0 unspecified atom stereocenters. The van der Waals surface area contributed by atoms with E-state index >= 15 is 0 Å². The molecule has 1 saturated heterocycles. The zero-order chi connectivity index (χ0) is 17.6. The van der Waals surface area contributed by atoms with Crippen LogP contribution >= 0.6 is 11.6 Å². The smallest absolute Gasteiger partial charge is 0.316 e. The molecule has 1 amide bonds. The summed E-state index contributed by atoms with van der Waals surface area (Å²) in [4.78, 5) is 22.8. The molecule has 1 aliphatic heterocycles. The van der Waals surface area contributed by atoms with Gasteiger partial charge in [-0.05, 0) is 23.6 Å². The lowest BCUT2D eigenvalue weighted by Gasteiger charge is -2.31. The maximum Gasteiger partial charge on any atom is 0.316 e. The average Bonchev–Trinajstić information content (AvgIpc) is 2.65. The predicted molar refractivity (Wildman–Crippen MR) is 96.8 cm³/mol. The highest BCUT2D eigenvalue weighted by Gasteiger charge is 2.24. The third-order valence-electron chi connectivity index (χ3n) is 4.46. The first-order chi connectivity index (χ1) is 12.2. The number of hydrogen-bond donors (Lipinski definition) is 0. The molecule has 3 rings (SSSR count). The fourth-order valence-corrected chi connectivity index (χ4v) is 3.08. The van der Waals surface area contributed by atoms with Crippen LogP contribution in [0.5, 0.6) is 6.01 Å². The van der Waals surface area contributed by atoms with E-state index in [-0.39, 0.29) is 12.0 Å². The highest BCUT2D eigenvalue weighted by atomic mass is 35.5. The number of benzene rings is 1. The van der Waals surface area contributed by atoms with Crippen LogP contribution in [-0.4, -0.2) is 40.0 Å². The number of aryl methyl sites for hydroxylation is 1. The molecule has 6 heteroatoms. The van der Waals surface area contributed by atoms with Crippen LogP contribution in [0.25, 0.3) is 0 Å². The van der Waals surface area contributed by atoms with Gasteiger partial charge >= 0.3 is 6.01 Å². The molecule has 25 heavy (non-hydrogen) atoms. The Morgan fingerprint density at radius 3 is 2.56 bits per heavy atom. The van der Waals surface area contributed by atoms with Gasteiger partial charge in [0.2, 0.25) is 5.91 Å². The fraction of sp³-hybridized carbons (Fsp3) is 0.421. The van der Waals surface area contributed by atoms with E-state index in [2.05, 4.69) is 16.9 Å². The number of likely N-dealkylation sites (tertiary alicyclic amines) is 1. The van der Waals surface area contributed by atoms with Crippen molar-refractivity contribution < 1.29 is 9.53 Å². The molecule has 5 nitrogen and oxygen atoms in total. The number of nitrogens with zero attached hydrogens (tertiary/aromatic N) is 3. The first-order valence-corrected chi connectivity index (χ1v) is 9.02. The van der Waals surface area contributed by atoms with Gasteiger partial charge in [-0.15, -0.1) is 0 Å². The van der Waals surface area contributed by atoms with E-state index in [1.807, 2.05) is 29.2 Å². The second-order valence-corrected chi connectivity index (χ2v) is 6.60. The minimum atomic E-state index is 0.0526. The highest BCUT2D eigenvalue weighted by Crippen LogP contribution is 2.19. The monoisotopic (exact) mass is 359 g/mol. The maximum absolute atomic E-state index is 12.5. The first-order valence-electron chi connectivity index (χ1n) is 8.64. The van der Waals surface area contributed by atoms with Gasteiger partial charge in [-0.3, -0.25) is 4.79 Å². The molecule has 1 aromatic heterocycles. The van der Waals surface area contributed by atoms with Gasteiger partial charge in [-0.25, -0.2) is 9.97 Å². The van der Waals surface area contributed by atoms with Crippen molar-refractivity contribution in [3.8, 4) is 6.01 Å². The standard InChI is InChI=1S/C19H22ClN3O2/c1-2-14-12-21-19(22-13-14)25-16-7-9-23(10-8-16)18(24)11-15-5-3-4-6-17(15)20/h3-6,12-13,16H,2,7-11H2,1H3. The molecular formula is C19H22ClN3O2. The molecule has 1 fully saturated rings. The summed E-state index contributed by atoms with van der Waals surface area (Å²) in [7, 11) is 0. The maximum atomic E-state index is 12.5. The van der Waals surface area contributed by atoms with E-state index < -0.39 is 0 Å². The van der Waals surface area contributed by atoms with Crippen molar-refractivity contribution in [3.63, 3.8) is 0 Å². The molecule has 0 atom stereocenters. The summed E-state index contributed by atoms with van der Waals surface area (Å²) >= 11 is 6.14. The van der Waals surface area contributed by atoms with Crippen molar-refractivity contribution in [3.05, 3.63) is 52.8 Å². The third kappa shape index (κ3) is 4.69. The van der Waals surface area contributed by atoms with Crippen LogP contribution in [-0.2, 0) is 17.6 Å².